The van der Waals surface area contributed by atoms with Crippen molar-refractivity contribution in [3.05, 3.63) is 29.9 Å². The topological polar surface area (TPSA) is 60.6 Å². The third kappa shape index (κ3) is 3.95. The number of fused-ring (bicyclic) bond motifs is 1. The number of hydrogen-bond acceptors (Lipinski definition) is 4. The molecule has 0 amide bonds. The summed E-state index contributed by atoms with van der Waals surface area (Å²) >= 11 is 0. The molecule has 0 radical (unpaired) electrons. The van der Waals surface area contributed by atoms with Crippen LogP contribution in [0.2, 0.25) is 0 Å². The molecule has 0 saturated carbocycles. The van der Waals surface area contributed by atoms with E-state index in [9.17, 15) is 13.2 Å². The van der Waals surface area contributed by atoms with Crippen LogP contribution >= 0.6 is 0 Å². The minimum absolute atomic E-state index is 0.329. The molecule has 24 heavy (non-hydrogen) atoms. The number of rotatable bonds is 6. The van der Waals surface area contributed by atoms with Gasteiger partial charge in [0.2, 0.25) is 0 Å². The number of alkyl halides is 3. The van der Waals surface area contributed by atoms with Gasteiger partial charge in [0.25, 0.3) is 0 Å². The Hall–Kier alpha value is -1.90. The summed E-state index contributed by atoms with van der Waals surface area (Å²) in [6.45, 7) is 2.97. The number of aromatic nitrogens is 5. The average molecular weight is 342 g/mol. The van der Waals surface area contributed by atoms with Crippen molar-refractivity contribution in [1.82, 2.24) is 29.6 Å². The second-order valence-electron chi connectivity index (χ2n) is 6.12. The van der Waals surface area contributed by atoms with E-state index in [0.717, 1.165) is 48.6 Å². The highest BCUT2D eigenvalue weighted by molar-refractivity contribution is 5.00. The molecule has 0 aromatic carbocycles. The molecule has 0 spiro atoms. The highest BCUT2D eigenvalue weighted by Crippen LogP contribution is 2.20. The first kappa shape index (κ1) is 16.9. The SMILES string of the molecule is CCc1nnc2n1C[C@H](CNCc1nccn1CC(F)(F)F)CC2. The number of imidazole rings is 1. The van der Waals surface area contributed by atoms with Gasteiger partial charge in [-0.2, -0.15) is 13.2 Å². The molecule has 0 unspecified atom stereocenters. The number of aryl methyl sites for hydroxylation is 2. The van der Waals surface area contributed by atoms with E-state index in [1.54, 1.807) is 0 Å². The Kier molecular flexibility index (Phi) is 4.88. The first-order chi connectivity index (χ1) is 11.5. The normalized spacial score (nSPS) is 17.9. The average Bonchev–Trinajstić information content (AvgIpc) is 3.12. The van der Waals surface area contributed by atoms with Gasteiger partial charge >= 0.3 is 6.18 Å². The van der Waals surface area contributed by atoms with Crippen LogP contribution in [0.25, 0.3) is 0 Å². The summed E-state index contributed by atoms with van der Waals surface area (Å²) in [6, 6.07) is 0. The van der Waals surface area contributed by atoms with Gasteiger partial charge in [-0.1, -0.05) is 6.92 Å². The molecule has 6 nitrogen and oxygen atoms in total. The largest absolute Gasteiger partial charge is 0.406 e. The maximum Gasteiger partial charge on any atom is 0.406 e. The van der Waals surface area contributed by atoms with Gasteiger partial charge in [-0.05, 0) is 12.3 Å². The summed E-state index contributed by atoms with van der Waals surface area (Å²) in [5, 5.41) is 11.6. The van der Waals surface area contributed by atoms with Crippen molar-refractivity contribution < 1.29 is 13.2 Å². The van der Waals surface area contributed by atoms with Crippen LogP contribution in [-0.2, 0) is 32.5 Å². The molecule has 9 heteroatoms. The van der Waals surface area contributed by atoms with Crippen LogP contribution in [0.15, 0.2) is 12.4 Å². The van der Waals surface area contributed by atoms with Crippen LogP contribution in [0.5, 0.6) is 0 Å². The van der Waals surface area contributed by atoms with Gasteiger partial charge in [0.1, 0.15) is 24.0 Å². The molecular formula is C15H21F3N6. The highest BCUT2D eigenvalue weighted by atomic mass is 19.4. The van der Waals surface area contributed by atoms with Crippen LogP contribution in [0.4, 0.5) is 13.2 Å². The molecule has 1 N–H and O–H groups in total. The lowest BCUT2D eigenvalue weighted by Crippen LogP contribution is -2.31. The summed E-state index contributed by atoms with van der Waals surface area (Å²) < 4.78 is 40.8. The molecule has 0 fully saturated rings. The second-order valence-corrected chi connectivity index (χ2v) is 6.12. The van der Waals surface area contributed by atoms with Gasteiger partial charge in [0.15, 0.2) is 0 Å². The maximum absolute atomic E-state index is 12.5. The zero-order valence-electron chi connectivity index (χ0n) is 13.6. The van der Waals surface area contributed by atoms with E-state index in [1.165, 1.54) is 12.4 Å². The lowest BCUT2D eigenvalue weighted by molar-refractivity contribution is -0.141. The molecule has 2 aromatic rings. The number of nitrogens with one attached hydrogen (secondary N) is 1. The van der Waals surface area contributed by atoms with Crippen molar-refractivity contribution in [2.45, 2.75) is 52.0 Å². The van der Waals surface area contributed by atoms with E-state index < -0.39 is 12.7 Å². The second kappa shape index (κ2) is 6.92. The Balaban J connectivity index is 1.52. The smallest absolute Gasteiger partial charge is 0.325 e. The lowest BCUT2D eigenvalue weighted by atomic mass is 9.99. The summed E-state index contributed by atoms with van der Waals surface area (Å²) in [5.41, 5.74) is 0. The minimum atomic E-state index is -4.24. The maximum atomic E-state index is 12.5. The van der Waals surface area contributed by atoms with Crippen molar-refractivity contribution in [1.29, 1.82) is 0 Å². The van der Waals surface area contributed by atoms with Gasteiger partial charge in [-0.3, -0.25) is 0 Å². The Labute approximate surface area is 138 Å². The van der Waals surface area contributed by atoms with Crippen LogP contribution in [0.3, 0.4) is 0 Å². The summed E-state index contributed by atoms with van der Waals surface area (Å²) in [6.07, 6.45) is 1.28. The minimum Gasteiger partial charge on any atom is -0.325 e. The molecule has 0 bridgehead atoms. The first-order valence-corrected chi connectivity index (χ1v) is 8.14. The van der Waals surface area contributed by atoms with Crippen molar-refractivity contribution in [2.24, 2.45) is 5.92 Å². The third-order valence-electron chi connectivity index (χ3n) is 4.30. The van der Waals surface area contributed by atoms with E-state index in [1.807, 2.05) is 0 Å². The van der Waals surface area contributed by atoms with Gasteiger partial charge in [-0.15, -0.1) is 10.2 Å². The van der Waals surface area contributed by atoms with Crippen LogP contribution < -0.4 is 5.32 Å². The van der Waals surface area contributed by atoms with Crippen molar-refractivity contribution >= 4 is 0 Å². The van der Waals surface area contributed by atoms with Crippen molar-refractivity contribution in [3.8, 4) is 0 Å². The Bertz CT molecular complexity index is 662. The molecular weight excluding hydrogens is 321 g/mol. The molecule has 1 atom stereocenters. The van der Waals surface area contributed by atoms with E-state index >= 15 is 0 Å². The van der Waals surface area contributed by atoms with Gasteiger partial charge in [-0.25, -0.2) is 4.98 Å². The summed E-state index contributed by atoms with van der Waals surface area (Å²) in [5.74, 6) is 2.85. The molecule has 1 aliphatic rings. The quantitative estimate of drug-likeness (QED) is 0.872. The lowest BCUT2D eigenvalue weighted by Gasteiger charge is -2.24. The van der Waals surface area contributed by atoms with Gasteiger partial charge in [0.05, 0.1) is 6.54 Å². The number of nitrogens with zero attached hydrogens (tertiary/aromatic N) is 5. The first-order valence-electron chi connectivity index (χ1n) is 8.14. The fourth-order valence-electron chi connectivity index (χ4n) is 3.11. The molecule has 1 aliphatic heterocycles. The zero-order valence-corrected chi connectivity index (χ0v) is 13.6. The molecule has 3 rings (SSSR count). The monoisotopic (exact) mass is 342 g/mol. The summed E-state index contributed by atoms with van der Waals surface area (Å²) in [4.78, 5) is 4.01. The van der Waals surface area contributed by atoms with Crippen LogP contribution in [0, 0.1) is 5.92 Å². The van der Waals surface area contributed by atoms with E-state index in [-0.39, 0.29) is 0 Å². The molecule has 0 saturated heterocycles. The van der Waals surface area contributed by atoms with Crippen molar-refractivity contribution in [3.63, 3.8) is 0 Å². The molecule has 2 aromatic heterocycles. The highest BCUT2D eigenvalue weighted by Gasteiger charge is 2.29. The van der Waals surface area contributed by atoms with E-state index in [0.29, 0.717) is 18.3 Å². The number of halogens is 3. The molecule has 0 aliphatic carbocycles. The summed E-state index contributed by atoms with van der Waals surface area (Å²) in [7, 11) is 0. The Morgan fingerprint density at radius 1 is 1.29 bits per heavy atom. The fraction of sp³-hybridized carbons (Fsp3) is 0.667. The fourth-order valence-corrected chi connectivity index (χ4v) is 3.11. The van der Waals surface area contributed by atoms with E-state index in [4.69, 9.17) is 0 Å². The van der Waals surface area contributed by atoms with Crippen LogP contribution in [-0.4, -0.2) is 37.0 Å². The third-order valence-corrected chi connectivity index (χ3v) is 4.30. The van der Waals surface area contributed by atoms with Crippen molar-refractivity contribution in [2.75, 3.05) is 6.54 Å². The van der Waals surface area contributed by atoms with Crippen LogP contribution in [0.1, 0.15) is 30.8 Å². The zero-order chi connectivity index (χ0) is 17.2. The standard InChI is InChI=1S/C15H21F3N6/c1-2-12-21-22-13-4-3-11(9-24(12)13)7-19-8-14-20-5-6-23(14)10-15(16,17)18/h5-6,11,19H,2-4,7-10H2,1H3/t11-/m0/s1. The van der Waals surface area contributed by atoms with Gasteiger partial charge < -0.3 is 14.5 Å². The van der Waals surface area contributed by atoms with Gasteiger partial charge in [0, 0.05) is 38.3 Å². The predicted molar refractivity (Wildman–Crippen MR) is 81.2 cm³/mol. The Morgan fingerprint density at radius 2 is 2.12 bits per heavy atom. The molecule has 3 heterocycles. The number of hydrogen-bond donors (Lipinski definition) is 1. The van der Waals surface area contributed by atoms with E-state index in [2.05, 4.69) is 32.0 Å². The predicted octanol–water partition coefficient (Wildman–Crippen LogP) is 1.95. The Morgan fingerprint density at radius 3 is 2.88 bits per heavy atom. The molecule has 132 valence electrons.